The van der Waals surface area contributed by atoms with E-state index < -0.39 is 0 Å². The predicted octanol–water partition coefficient (Wildman–Crippen LogP) is 2.48. The van der Waals surface area contributed by atoms with E-state index in [1.54, 1.807) is 19.4 Å². The van der Waals surface area contributed by atoms with Crippen molar-refractivity contribution in [1.29, 1.82) is 0 Å². The van der Waals surface area contributed by atoms with Gasteiger partial charge in [-0.1, -0.05) is 5.92 Å². The molecule has 0 spiro atoms. The molecule has 2 aromatic rings. The minimum absolute atomic E-state index is 0.0621. The van der Waals surface area contributed by atoms with E-state index in [-0.39, 0.29) is 5.91 Å². The monoisotopic (exact) mass is 341 g/mol. The van der Waals surface area contributed by atoms with Crippen molar-refractivity contribution in [3.05, 3.63) is 29.7 Å². The van der Waals surface area contributed by atoms with E-state index in [1.165, 1.54) is 11.3 Å². The van der Waals surface area contributed by atoms with Gasteiger partial charge in [-0.2, -0.15) is 0 Å². The van der Waals surface area contributed by atoms with Gasteiger partial charge in [-0.05, 0) is 38.0 Å². The lowest BCUT2D eigenvalue weighted by Crippen LogP contribution is -2.38. The van der Waals surface area contributed by atoms with Crippen LogP contribution >= 0.6 is 11.3 Å². The second-order valence-electron chi connectivity index (χ2n) is 5.67. The average Bonchev–Trinajstić information content (AvgIpc) is 3.09. The van der Waals surface area contributed by atoms with Crippen LogP contribution in [0.5, 0.6) is 0 Å². The molecule has 1 saturated heterocycles. The molecule has 1 aliphatic rings. The lowest BCUT2D eigenvalue weighted by molar-refractivity contribution is -0.126. The van der Waals surface area contributed by atoms with Crippen molar-refractivity contribution in [2.45, 2.75) is 26.2 Å². The quantitative estimate of drug-likeness (QED) is 0.865. The Morgan fingerprint density at radius 3 is 2.92 bits per heavy atom. The summed E-state index contributed by atoms with van der Waals surface area (Å²) in [6.45, 7) is 3.23. The van der Waals surface area contributed by atoms with Crippen LogP contribution in [0, 0.1) is 17.8 Å². The first-order valence-corrected chi connectivity index (χ1v) is 8.81. The number of carbonyl (C=O) groups excluding carboxylic acids is 1. The molecule has 7 heteroatoms. The van der Waals surface area contributed by atoms with E-state index in [1.807, 2.05) is 16.3 Å². The van der Waals surface area contributed by atoms with Gasteiger partial charge in [0.15, 0.2) is 5.13 Å². The van der Waals surface area contributed by atoms with Crippen LogP contribution in [0.25, 0.3) is 0 Å². The zero-order chi connectivity index (χ0) is 16.8. The fourth-order valence-electron chi connectivity index (χ4n) is 2.79. The fourth-order valence-corrected chi connectivity index (χ4v) is 3.33. The summed E-state index contributed by atoms with van der Waals surface area (Å²) in [5.74, 6) is 6.52. The zero-order valence-electron chi connectivity index (χ0n) is 13.5. The number of piperidine rings is 1. The Labute approximate surface area is 145 Å². The van der Waals surface area contributed by atoms with Crippen LogP contribution in [0.15, 0.2) is 24.0 Å². The fraction of sp³-hybridized carbons (Fsp3) is 0.412. The van der Waals surface area contributed by atoms with Crippen molar-refractivity contribution in [3.63, 3.8) is 0 Å². The number of nitrogens with zero attached hydrogens (tertiary/aromatic N) is 4. The zero-order valence-corrected chi connectivity index (χ0v) is 14.3. The highest BCUT2D eigenvalue weighted by Crippen LogP contribution is 2.22. The number of amides is 1. The Kier molecular flexibility index (Phi) is 5.39. The molecule has 0 unspecified atom stereocenters. The molecule has 0 bridgehead atoms. The number of hydrogen-bond acceptors (Lipinski definition) is 6. The summed E-state index contributed by atoms with van der Waals surface area (Å²) < 4.78 is 0. The average molecular weight is 341 g/mol. The molecule has 2 aromatic heterocycles. The summed E-state index contributed by atoms with van der Waals surface area (Å²) in [6, 6.07) is 1.97. The molecule has 1 fully saturated rings. The molecule has 124 valence electrons. The van der Waals surface area contributed by atoms with Crippen LogP contribution in [0.4, 0.5) is 10.9 Å². The van der Waals surface area contributed by atoms with E-state index in [0.717, 1.165) is 49.0 Å². The van der Waals surface area contributed by atoms with Crippen LogP contribution < -0.4 is 5.32 Å². The van der Waals surface area contributed by atoms with Crippen molar-refractivity contribution in [2.75, 3.05) is 18.4 Å². The second kappa shape index (κ2) is 7.88. The third-order valence-electron chi connectivity index (χ3n) is 4.02. The summed E-state index contributed by atoms with van der Waals surface area (Å²) in [5, 5.41) is 5.93. The smallest absolute Gasteiger partial charge is 0.298 e. The normalized spacial score (nSPS) is 14.8. The molecule has 0 saturated carbocycles. The topological polar surface area (TPSA) is 71.0 Å². The highest BCUT2D eigenvalue weighted by molar-refractivity contribution is 7.13. The maximum atomic E-state index is 11.8. The molecule has 3 heterocycles. The van der Waals surface area contributed by atoms with E-state index in [2.05, 4.69) is 32.1 Å². The first kappa shape index (κ1) is 16.4. The first-order valence-electron chi connectivity index (χ1n) is 7.93. The first-order chi connectivity index (χ1) is 11.7. The van der Waals surface area contributed by atoms with Crippen molar-refractivity contribution >= 4 is 28.2 Å². The highest BCUT2D eigenvalue weighted by atomic mass is 32.1. The predicted molar refractivity (Wildman–Crippen MR) is 93.9 cm³/mol. The van der Waals surface area contributed by atoms with Gasteiger partial charge in [0.2, 0.25) is 0 Å². The third kappa shape index (κ3) is 4.30. The van der Waals surface area contributed by atoms with Gasteiger partial charge in [-0.15, -0.1) is 11.3 Å². The number of thiazole rings is 1. The highest BCUT2D eigenvalue weighted by Gasteiger charge is 2.22. The molecule has 0 aliphatic carbocycles. The van der Waals surface area contributed by atoms with Gasteiger partial charge in [0, 0.05) is 36.4 Å². The van der Waals surface area contributed by atoms with Crippen LogP contribution in [0.1, 0.15) is 25.5 Å². The number of aromatic nitrogens is 3. The van der Waals surface area contributed by atoms with Crippen molar-refractivity contribution < 1.29 is 4.79 Å². The molecule has 3 rings (SSSR count). The minimum Gasteiger partial charge on any atom is -0.332 e. The number of carbonyl (C=O) groups is 1. The maximum absolute atomic E-state index is 11.8. The number of likely N-dealkylation sites (tertiary alicyclic amines) is 1. The van der Waals surface area contributed by atoms with Gasteiger partial charge in [-0.25, -0.2) is 15.0 Å². The van der Waals surface area contributed by atoms with Crippen molar-refractivity contribution in [3.8, 4) is 11.8 Å². The van der Waals surface area contributed by atoms with Crippen LogP contribution in [-0.4, -0.2) is 38.8 Å². The van der Waals surface area contributed by atoms with E-state index >= 15 is 0 Å². The van der Waals surface area contributed by atoms with Gasteiger partial charge >= 0.3 is 0 Å². The molecular formula is C17H19N5OS. The van der Waals surface area contributed by atoms with Gasteiger partial charge in [-0.3, -0.25) is 4.79 Å². The summed E-state index contributed by atoms with van der Waals surface area (Å²) >= 11 is 1.54. The number of rotatable bonds is 4. The van der Waals surface area contributed by atoms with Gasteiger partial charge in [0.05, 0.1) is 0 Å². The SMILES string of the molecule is CC#CC(=O)N1CCC(Cc2cc(Nc3nccs3)ncn2)CC1. The Morgan fingerprint density at radius 1 is 1.38 bits per heavy atom. The molecule has 1 N–H and O–H groups in total. The van der Waals surface area contributed by atoms with Gasteiger partial charge in [0.1, 0.15) is 12.1 Å². The van der Waals surface area contributed by atoms with Crippen LogP contribution in [0.3, 0.4) is 0 Å². The third-order valence-corrected chi connectivity index (χ3v) is 4.71. The summed E-state index contributed by atoms with van der Waals surface area (Å²) in [5.41, 5.74) is 1.02. The molecule has 24 heavy (non-hydrogen) atoms. The van der Waals surface area contributed by atoms with E-state index in [0.29, 0.717) is 5.92 Å². The minimum atomic E-state index is -0.0621. The van der Waals surface area contributed by atoms with Crippen LogP contribution in [-0.2, 0) is 11.2 Å². The number of anilines is 2. The Bertz CT molecular complexity index is 742. The Morgan fingerprint density at radius 2 is 2.21 bits per heavy atom. The van der Waals surface area contributed by atoms with Gasteiger partial charge < -0.3 is 10.2 Å². The van der Waals surface area contributed by atoms with E-state index in [9.17, 15) is 4.79 Å². The van der Waals surface area contributed by atoms with E-state index in [4.69, 9.17) is 0 Å². The van der Waals surface area contributed by atoms with Gasteiger partial charge in [0.25, 0.3) is 5.91 Å². The molecule has 0 aromatic carbocycles. The lowest BCUT2D eigenvalue weighted by Gasteiger charge is -2.30. The van der Waals surface area contributed by atoms with Crippen molar-refractivity contribution in [1.82, 2.24) is 19.9 Å². The molecule has 0 radical (unpaired) electrons. The number of hydrogen-bond donors (Lipinski definition) is 1. The number of nitrogens with one attached hydrogen (secondary N) is 1. The Hall–Kier alpha value is -2.46. The molecule has 6 nitrogen and oxygen atoms in total. The molecule has 1 aliphatic heterocycles. The maximum Gasteiger partial charge on any atom is 0.298 e. The molecule has 0 atom stereocenters. The Balaban J connectivity index is 1.55. The second-order valence-corrected chi connectivity index (χ2v) is 6.57. The largest absolute Gasteiger partial charge is 0.332 e. The molecule has 1 amide bonds. The lowest BCUT2D eigenvalue weighted by atomic mass is 9.92. The standard InChI is InChI=1S/C17H19N5OS/c1-2-3-16(23)22-7-4-13(5-8-22)10-14-11-15(20-12-19-14)21-17-18-6-9-24-17/h6,9,11-13H,4-5,7-8,10H2,1H3,(H,18,19,20,21). The van der Waals surface area contributed by atoms with Crippen LogP contribution in [0.2, 0.25) is 0 Å². The summed E-state index contributed by atoms with van der Waals surface area (Å²) in [6.07, 6.45) is 6.21. The summed E-state index contributed by atoms with van der Waals surface area (Å²) in [4.78, 5) is 26.4. The molecular weight excluding hydrogens is 322 g/mol. The van der Waals surface area contributed by atoms with Crippen molar-refractivity contribution in [2.24, 2.45) is 5.92 Å². The summed E-state index contributed by atoms with van der Waals surface area (Å²) in [7, 11) is 0.